The van der Waals surface area contributed by atoms with Crippen molar-refractivity contribution in [2.45, 2.75) is 40.2 Å². The molecular weight excluding hydrogens is 242 g/mol. The topological polar surface area (TPSA) is 57.1 Å². The summed E-state index contributed by atoms with van der Waals surface area (Å²) in [5.74, 6) is 0.568. The van der Waals surface area contributed by atoms with Crippen molar-refractivity contribution in [3.05, 3.63) is 5.28 Å². The summed E-state index contributed by atoms with van der Waals surface area (Å²) < 4.78 is 10.7. The van der Waals surface area contributed by atoms with E-state index in [0.29, 0.717) is 12.5 Å². The first-order valence-corrected chi connectivity index (χ1v) is 6.06. The summed E-state index contributed by atoms with van der Waals surface area (Å²) in [5.41, 5.74) is 0. The molecule has 6 heteroatoms. The van der Waals surface area contributed by atoms with Crippen molar-refractivity contribution in [1.82, 2.24) is 15.0 Å². The lowest BCUT2D eigenvalue weighted by atomic mass is 10.1. The van der Waals surface area contributed by atoms with Gasteiger partial charge in [0.2, 0.25) is 5.28 Å². The van der Waals surface area contributed by atoms with Gasteiger partial charge < -0.3 is 9.47 Å². The van der Waals surface area contributed by atoms with Crippen molar-refractivity contribution in [1.29, 1.82) is 0 Å². The highest BCUT2D eigenvalue weighted by atomic mass is 35.5. The molecule has 96 valence electrons. The standard InChI is InChI=1S/C11H18ClN3O2/c1-7(2)5-6-16-10-13-9(12)14-11(15-10)17-8(3)4/h7-8H,5-6H2,1-4H3. The molecule has 0 N–H and O–H groups in total. The second-order valence-corrected chi connectivity index (χ2v) is 4.71. The largest absolute Gasteiger partial charge is 0.463 e. The van der Waals surface area contributed by atoms with Crippen LogP contribution in [-0.2, 0) is 0 Å². The fraction of sp³-hybridized carbons (Fsp3) is 0.727. The predicted molar refractivity (Wildman–Crippen MR) is 65.6 cm³/mol. The highest BCUT2D eigenvalue weighted by Gasteiger charge is 2.08. The van der Waals surface area contributed by atoms with Crippen molar-refractivity contribution in [3.63, 3.8) is 0 Å². The van der Waals surface area contributed by atoms with Crippen molar-refractivity contribution < 1.29 is 9.47 Å². The maximum atomic E-state index is 5.75. The Hall–Kier alpha value is -1.10. The number of nitrogens with zero attached hydrogens (tertiary/aromatic N) is 3. The molecule has 0 unspecified atom stereocenters. The van der Waals surface area contributed by atoms with Crippen LogP contribution in [0.1, 0.15) is 34.1 Å². The lowest BCUT2D eigenvalue weighted by molar-refractivity contribution is 0.210. The normalized spacial score (nSPS) is 11.0. The molecule has 1 rings (SSSR count). The van der Waals surface area contributed by atoms with E-state index in [1.165, 1.54) is 0 Å². The van der Waals surface area contributed by atoms with Crippen LogP contribution >= 0.6 is 11.6 Å². The third kappa shape index (κ3) is 5.68. The summed E-state index contributed by atoms with van der Waals surface area (Å²) in [6.07, 6.45) is 0.918. The Morgan fingerprint density at radius 1 is 1.06 bits per heavy atom. The van der Waals surface area contributed by atoms with Crippen LogP contribution in [0.4, 0.5) is 0 Å². The van der Waals surface area contributed by atoms with E-state index in [1.54, 1.807) is 0 Å². The zero-order valence-corrected chi connectivity index (χ0v) is 11.4. The molecule has 1 heterocycles. The van der Waals surface area contributed by atoms with E-state index in [1.807, 2.05) is 13.8 Å². The lowest BCUT2D eigenvalue weighted by Gasteiger charge is -2.09. The third-order valence-corrected chi connectivity index (χ3v) is 2.00. The molecule has 0 amide bonds. The summed E-state index contributed by atoms with van der Waals surface area (Å²) in [5, 5.41) is 0.0789. The first kappa shape index (κ1) is 14.0. The van der Waals surface area contributed by atoms with Crippen LogP contribution in [-0.4, -0.2) is 27.7 Å². The molecule has 0 aliphatic heterocycles. The smallest absolute Gasteiger partial charge is 0.324 e. The van der Waals surface area contributed by atoms with Crippen LogP contribution in [0.2, 0.25) is 5.28 Å². The molecule has 0 atom stereocenters. The van der Waals surface area contributed by atoms with E-state index in [0.717, 1.165) is 6.42 Å². The Morgan fingerprint density at radius 2 is 1.71 bits per heavy atom. The summed E-state index contributed by atoms with van der Waals surface area (Å²) in [7, 11) is 0. The Bertz CT molecular complexity index is 359. The first-order chi connectivity index (χ1) is 7.97. The molecule has 0 saturated heterocycles. The van der Waals surface area contributed by atoms with Crippen molar-refractivity contribution in [3.8, 4) is 12.0 Å². The number of halogens is 1. The third-order valence-electron chi connectivity index (χ3n) is 1.83. The maximum Gasteiger partial charge on any atom is 0.324 e. The Morgan fingerprint density at radius 3 is 2.29 bits per heavy atom. The zero-order chi connectivity index (χ0) is 12.8. The van der Waals surface area contributed by atoms with E-state index >= 15 is 0 Å². The predicted octanol–water partition coefficient (Wildman–Crippen LogP) is 2.74. The summed E-state index contributed by atoms with van der Waals surface area (Å²) in [6.45, 7) is 8.57. The summed E-state index contributed by atoms with van der Waals surface area (Å²) in [4.78, 5) is 11.8. The lowest BCUT2D eigenvalue weighted by Crippen LogP contribution is -2.11. The summed E-state index contributed by atoms with van der Waals surface area (Å²) in [6, 6.07) is 0.404. The van der Waals surface area contributed by atoms with Gasteiger partial charge in [-0.05, 0) is 37.8 Å². The van der Waals surface area contributed by atoms with Gasteiger partial charge in [0.25, 0.3) is 0 Å². The number of rotatable bonds is 6. The molecular formula is C11H18ClN3O2. The van der Waals surface area contributed by atoms with Crippen LogP contribution in [0.15, 0.2) is 0 Å². The van der Waals surface area contributed by atoms with E-state index in [9.17, 15) is 0 Å². The van der Waals surface area contributed by atoms with Crippen LogP contribution in [0, 0.1) is 5.92 Å². The Balaban J connectivity index is 2.62. The highest BCUT2D eigenvalue weighted by molar-refractivity contribution is 6.28. The average Bonchev–Trinajstić information content (AvgIpc) is 2.14. The SMILES string of the molecule is CC(C)CCOc1nc(Cl)nc(OC(C)C)n1. The molecule has 0 aromatic carbocycles. The molecule has 5 nitrogen and oxygen atoms in total. The highest BCUT2D eigenvalue weighted by Crippen LogP contribution is 2.14. The van der Waals surface area contributed by atoms with Crippen molar-refractivity contribution in [2.75, 3.05) is 6.61 Å². The fourth-order valence-corrected chi connectivity index (χ4v) is 1.17. The van der Waals surface area contributed by atoms with Gasteiger partial charge in [0.15, 0.2) is 0 Å². The molecule has 0 spiro atoms. The van der Waals surface area contributed by atoms with Crippen LogP contribution < -0.4 is 9.47 Å². The minimum atomic E-state index is -0.0167. The van der Waals surface area contributed by atoms with E-state index in [4.69, 9.17) is 21.1 Å². The van der Waals surface area contributed by atoms with Crippen molar-refractivity contribution >= 4 is 11.6 Å². The Labute approximate surface area is 107 Å². The molecule has 17 heavy (non-hydrogen) atoms. The quantitative estimate of drug-likeness (QED) is 0.786. The molecule has 0 radical (unpaired) electrons. The zero-order valence-electron chi connectivity index (χ0n) is 10.6. The molecule has 0 fully saturated rings. The van der Waals surface area contributed by atoms with Gasteiger partial charge in [0.1, 0.15) is 0 Å². The Kier molecular flexibility index (Phi) is 5.41. The minimum Gasteiger partial charge on any atom is -0.463 e. The van der Waals surface area contributed by atoms with Gasteiger partial charge >= 0.3 is 12.0 Å². The van der Waals surface area contributed by atoms with Gasteiger partial charge in [-0.2, -0.15) is 9.97 Å². The molecule has 1 aromatic heterocycles. The second kappa shape index (κ2) is 6.59. The van der Waals surface area contributed by atoms with E-state index in [-0.39, 0.29) is 23.4 Å². The van der Waals surface area contributed by atoms with Gasteiger partial charge in [-0.15, -0.1) is 4.98 Å². The van der Waals surface area contributed by atoms with Crippen LogP contribution in [0.5, 0.6) is 12.0 Å². The van der Waals surface area contributed by atoms with Crippen molar-refractivity contribution in [2.24, 2.45) is 5.92 Å². The number of ether oxygens (including phenoxy) is 2. The van der Waals surface area contributed by atoms with E-state index in [2.05, 4.69) is 28.8 Å². The first-order valence-electron chi connectivity index (χ1n) is 5.68. The second-order valence-electron chi connectivity index (χ2n) is 4.37. The molecule has 1 aromatic rings. The molecule has 0 saturated carbocycles. The average molecular weight is 260 g/mol. The van der Waals surface area contributed by atoms with Crippen LogP contribution in [0.3, 0.4) is 0 Å². The van der Waals surface area contributed by atoms with E-state index < -0.39 is 0 Å². The van der Waals surface area contributed by atoms with Gasteiger partial charge in [0, 0.05) is 0 Å². The number of aromatic nitrogens is 3. The van der Waals surface area contributed by atoms with Gasteiger partial charge in [-0.3, -0.25) is 0 Å². The van der Waals surface area contributed by atoms with Gasteiger partial charge in [-0.25, -0.2) is 0 Å². The number of hydrogen-bond donors (Lipinski definition) is 0. The summed E-state index contributed by atoms with van der Waals surface area (Å²) >= 11 is 5.75. The van der Waals surface area contributed by atoms with Crippen LogP contribution in [0.25, 0.3) is 0 Å². The maximum absolute atomic E-state index is 5.75. The molecule has 0 bridgehead atoms. The molecule has 0 aliphatic carbocycles. The molecule has 0 aliphatic rings. The fourth-order valence-electron chi connectivity index (χ4n) is 1.03. The van der Waals surface area contributed by atoms with Gasteiger partial charge in [-0.1, -0.05) is 13.8 Å². The monoisotopic (exact) mass is 259 g/mol. The van der Waals surface area contributed by atoms with Gasteiger partial charge in [0.05, 0.1) is 12.7 Å². The minimum absolute atomic E-state index is 0.0167. The number of hydrogen-bond acceptors (Lipinski definition) is 5.